The van der Waals surface area contributed by atoms with Gasteiger partial charge in [-0.05, 0) is 44.5 Å². The standard InChI is InChI=1S/C26H31N3O8/c1-6-15(30)12-9-14(28(2)3)11-7-10-8-13-19(29(4)5)22(33)18(25(27)36)24(35)26(13,37)23(34)16(10)21(32)17(11)20(12)31/h9-10,13,16,18-19,31,37H,6-8H2,1-5H3,(H2,27,36)/t10-,13-,16?,18?,19-,26-/m0/s1. The highest BCUT2D eigenvalue weighted by molar-refractivity contribution is 6.32. The molecule has 11 nitrogen and oxygen atoms in total. The van der Waals surface area contributed by atoms with Crippen LogP contribution in [0.25, 0.3) is 0 Å². The number of carbonyl (C=O) groups is 6. The van der Waals surface area contributed by atoms with E-state index in [-0.39, 0.29) is 30.4 Å². The maximum atomic E-state index is 13.9. The van der Waals surface area contributed by atoms with Crippen molar-refractivity contribution >= 4 is 40.5 Å². The molecule has 0 aliphatic heterocycles. The van der Waals surface area contributed by atoms with Crippen LogP contribution in [0.15, 0.2) is 6.07 Å². The van der Waals surface area contributed by atoms with Gasteiger partial charge in [-0.25, -0.2) is 0 Å². The Morgan fingerprint density at radius 2 is 1.73 bits per heavy atom. The lowest BCUT2D eigenvalue weighted by molar-refractivity contribution is -0.181. The number of aromatic hydroxyl groups is 1. The van der Waals surface area contributed by atoms with Crippen molar-refractivity contribution in [1.82, 2.24) is 4.90 Å². The predicted octanol–water partition coefficient (Wildman–Crippen LogP) is -0.474. The number of benzene rings is 1. The van der Waals surface area contributed by atoms with Crippen molar-refractivity contribution < 1.29 is 39.0 Å². The molecule has 0 spiro atoms. The van der Waals surface area contributed by atoms with Gasteiger partial charge in [0.05, 0.1) is 23.1 Å². The Hall–Kier alpha value is -3.44. The smallest absolute Gasteiger partial charge is 0.235 e. The first-order valence-corrected chi connectivity index (χ1v) is 12.1. The summed E-state index contributed by atoms with van der Waals surface area (Å²) < 4.78 is 0. The lowest BCUT2D eigenvalue weighted by Crippen LogP contribution is -2.74. The zero-order valence-corrected chi connectivity index (χ0v) is 21.4. The molecule has 3 aliphatic carbocycles. The highest BCUT2D eigenvalue weighted by atomic mass is 16.3. The molecule has 3 aliphatic rings. The van der Waals surface area contributed by atoms with E-state index in [2.05, 4.69) is 0 Å². The number of aliphatic hydroxyl groups is 1. The number of phenolic OH excluding ortho intramolecular Hbond substituents is 1. The topological polar surface area (TPSA) is 175 Å². The Kier molecular flexibility index (Phi) is 6.36. The van der Waals surface area contributed by atoms with Gasteiger partial charge < -0.3 is 20.8 Å². The van der Waals surface area contributed by atoms with Crippen molar-refractivity contribution in [2.75, 3.05) is 33.1 Å². The van der Waals surface area contributed by atoms with Crippen molar-refractivity contribution in [2.45, 2.75) is 37.8 Å². The van der Waals surface area contributed by atoms with Crippen LogP contribution in [0.2, 0.25) is 0 Å². The lowest BCUT2D eigenvalue weighted by Gasteiger charge is -2.52. The van der Waals surface area contributed by atoms with Crippen LogP contribution in [0.4, 0.5) is 5.69 Å². The Balaban J connectivity index is 1.92. The number of rotatable bonds is 5. The molecular weight excluding hydrogens is 482 g/mol. The lowest BCUT2D eigenvalue weighted by atomic mass is 9.52. The number of phenols is 1. The number of nitrogens with two attached hydrogens (primary N) is 1. The number of hydrogen-bond acceptors (Lipinski definition) is 10. The first-order chi connectivity index (χ1) is 17.2. The summed E-state index contributed by atoms with van der Waals surface area (Å²) in [5.74, 6) is -11.7. The molecule has 1 aromatic rings. The molecule has 0 saturated heterocycles. The van der Waals surface area contributed by atoms with E-state index in [4.69, 9.17) is 5.73 Å². The van der Waals surface area contributed by atoms with Gasteiger partial charge in [-0.15, -0.1) is 0 Å². The van der Waals surface area contributed by atoms with E-state index in [9.17, 15) is 39.0 Å². The maximum absolute atomic E-state index is 13.9. The summed E-state index contributed by atoms with van der Waals surface area (Å²) >= 11 is 0. The van der Waals surface area contributed by atoms with Gasteiger partial charge in [0.2, 0.25) is 5.91 Å². The van der Waals surface area contributed by atoms with Gasteiger partial charge >= 0.3 is 0 Å². The van der Waals surface area contributed by atoms with Crippen LogP contribution in [0.1, 0.15) is 46.0 Å². The fourth-order valence-corrected chi connectivity index (χ4v) is 6.45. The Bertz CT molecular complexity index is 1270. The minimum Gasteiger partial charge on any atom is -0.506 e. The summed E-state index contributed by atoms with van der Waals surface area (Å²) in [6, 6.07) is 0.357. The van der Waals surface area contributed by atoms with Gasteiger partial charge in [0.1, 0.15) is 5.75 Å². The van der Waals surface area contributed by atoms with Crippen molar-refractivity contribution in [3.05, 3.63) is 22.8 Å². The number of hydrogen-bond donors (Lipinski definition) is 3. The highest BCUT2D eigenvalue weighted by Crippen LogP contribution is 2.52. The number of amides is 1. The van der Waals surface area contributed by atoms with Crippen LogP contribution in [-0.2, 0) is 25.6 Å². The Morgan fingerprint density at radius 3 is 2.24 bits per heavy atom. The number of ketones is 5. The van der Waals surface area contributed by atoms with Crippen LogP contribution in [-0.4, -0.2) is 89.8 Å². The fourth-order valence-electron chi connectivity index (χ4n) is 6.45. The van der Waals surface area contributed by atoms with Gasteiger partial charge in [0.15, 0.2) is 40.4 Å². The fraction of sp³-hybridized carbons (Fsp3) is 0.538. The van der Waals surface area contributed by atoms with E-state index >= 15 is 0 Å². The van der Waals surface area contributed by atoms with E-state index < -0.39 is 75.9 Å². The number of fused-ring (bicyclic) bond motifs is 3. The van der Waals surface area contributed by atoms with E-state index in [0.717, 1.165) is 0 Å². The summed E-state index contributed by atoms with van der Waals surface area (Å²) in [5, 5.41) is 22.6. The monoisotopic (exact) mass is 513 g/mol. The zero-order valence-electron chi connectivity index (χ0n) is 21.4. The molecule has 11 heteroatoms. The molecule has 1 amide bonds. The van der Waals surface area contributed by atoms with E-state index in [1.165, 1.54) is 25.1 Å². The van der Waals surface area contributed by atoms with Crippen LogP contribution in [0.3, 0.4) is 0 Å². The molecule has 4 rings (SSSR count). The van der Waals surface area contributed by atoms with Crippen molar-refractivity contribution in [2.24, 2.45) is 29.4 Å². The van der Waals surface area contributed by atoms with Crippen LogP contribution in [0.5, 0.6) is 5.75 Å². The minimum atomic E-state index is -2.78. The van der Waals surface area contributed by atoms with Crippen molar-refractivity contribution in [3.8, 4) is 5.75 Å². The third kappa shape index (κ3) is 3.55. The largest absolute Gasteiger partial charge is 0.506 e. The predicted molar refractivity (Wildman–Crippen MR) is 130 cm³/mol. The quantitative estimate of drug-likeness (QED) is 0.345. The number of Topliss-reactive ketones (excluding diaryl/α,β-unsaturated/α-hetero) is 5. The number of anilines is 1. The summed E-state index contributed by atoms with van der Waals surface area (Å²) in [7, 11) is 6.50. The number of primary amides is 1. The molecular formula is C26H31N3O8. The average Bonchev–Trinajstić information content (AvgIpc) is 2.80. The third-order valence-corrected chi connectivity index (χ3v) is 8.14. The number of nitrogens with zero attached hydrogens (tertiary/aromatic N) is 2. The molecule has 0 heterocycles. The molecule has 1 aromatic carbocycles. The molecule has 2 fully saturated rings. The molecule has 0 bridgehead atoms. The minimum absolute atomic E-state index is 0.0346. The van der Waals surface area contributed by atoms with Gasteiger partial charge in [-0.1, -0.05) is 6.92 Å². The zero-order chi connectivity index (χ0) is 27.7. The van der Waals surface area contributed by atoms with Crippen molar-refractivity contribution in [1.29, 1.82) is 0 Å². The van der Waals surface area contributed by atoms with E-state index in [1.54, 1.807) is 25.9 Å². The molecule has 6 atom stereocenters. The van der Waals surface area contributed by atoms with Gasteiger partial charge in [-0.2, -0.15) is 0 Å². The van der Waals surface area contributed by atoms with Gasteiger partial charge in [0.25, 0.3) is 0 Å². The summed E-state index contributed by atoms with van der Waals surface area (Å²) in [6.07, 6.45) is 0.170. The molecule has 2 saturated carbocycles. The molecule has 0 aromatic heterocycles. The average molecular weight is 514 g/mol. The molecule has 2 unspecified atom stereocenters. The van der Waals surface area contributed by atoms with Crippen LogP contribution in [0, 0.1) is 23.7 Å². The molecule has 0 radical (unpaired) electrons. The van der Waals surface area contributed by atoms with Crippen LogP contribution < -0.4 is 10.6 Å². The summed E-state index contributed by atoms with van der Waals surface area (Å²) in [4.78, 5) is 81.9. The molecule has 37 heavy (non-hydrogen) atoms. The molecule has 198 valence electrons. The maximum Gasteiger partial charge on any atom is 0.235 e. The second-order valence-electron chi connectivity index (χ2n) is 10.6. The first kappa shape index (κ1) is 26.6. The summed E-state index contributed by atoms with van der Waals surface area (Å²) in [6.45, 7) is 1.61. The first-order valence-electron chi connectivity index (χ1n) is 12.1. The van der Waals surface area contributed by atoms with E-state index in [1.807, 2.05) is 0 Å². The van der Waals surface area contributed by atoms with Gasteiger partial charge in [-0.3, -0.25) is 33.7 Å². The van der Waals surface area contributed by atoms with E-state index in [0.29, 0.717) is 11.3 Å². The SMILES string of the molecule is CCC(=O)c1cc(N(C)C)c2c(c1O)C(=O)C1C(=O)[C@]3(O)C(=O)C(C(N)=O)C(=O)[C@@H](N(C)C)[C@@H]3C[C@@H]1C2. The Labute approximate surface area is 213 Å². The highest BCUT2D eigenvalue weighted by Gasteiger charge is 2.69. The van der Waals surface area contributed by atoms with Crippen molar-refractivity contribution in [3.63, 3.8) is 0 Å². The Morgan fingerprint density at radius 1 is 1.11 bits per heavy atom. The second kappa shape index (κ2) is 8.84. The van der Waals surface area contributed by atoms with Crippen LogP contribution >= 0.6 is 0 Å². The van der Waals surface area contributed by atoms with Gasteiger partial charge in [0, 0.05) is 32.1 Å². The number of carbonyl (C=O) groups excluding carboxylic acids is 6. The second-order valence-corrected chi connectivity index (χ2v) is 10.6. The molecule has 4 N–H and O–H groups in total. The third-order valence-electron chi connectivity index (χ3n) is 8.14. The number of likely N-dealkylation sites (N-methyl/N-ethyl adjacent to an activating group) is 1. The normalized spacial score (nSPS) is 31.1. The summed E-state index contributed by atoms with van der Waals surface area (Å²) in [5.41, 5.74) is 3.27.